The Morgan fingerprint density at radius 1 is 1.06 bits per heavy atom. The SMILES string of the molecule is CS(=O)(=O)c1ccc(C(C[C@H]2C[C@@H](F)[C@@H](F)C2)C(=O)N2C(=O)OC[C@H]2Cc2ccccc2)cc1. The number of amides is 2. The molecule has 0 radical (unpaired) electrons. The van der Waals surface area contributed by atoms with Crippen molar-refractivity contribution in [1.82, 2.24) is 4.90 Å². The summed E-state index contributed by atoms with van der Waals surface area (Å²) in [6, 6.07) is 14.8. The van der Waals surface area contributed by atoms with E-state index < -0.39 is 46.1 Å². The number of imide groups is 1. The van der Waals surface area contributed by atoms with Gasteiger partial charge in [0.25, 0.3) is 0 Å². The maximum Gasteiger partial charge on any atom is 0.417 e. The highest BCUT2D eigenvalue weighted by Crippen LogP contribution is 2.39. The van der Waals surface area contributed by atoms with E-state index in [1.54, 1.807) is 0 Å². The van der Waals surface area contributed by atoms with E-state index in [2.05, 4.69) is 0 Å². The molecule has 0 spiro atoms. The summed E-state index contributed by atoms with van der Waals surface area (Å²) in [5.74, 6) is -1.74. The van der Waals surface area contributed by atoms with Crippen molar-refractivity contribution in [3.8, 4) is 0 Å². The highest BCUT2D eigenvalue weighted by molar-refractivity contribution is 7.90. The summed E-state index contributed by atoms with van der Waals surface area (Å²) in [6.45, 7) is 0.0573. The lowest BCUT2D eigenvalue weighted by molar-refractivity contribution is -0.131. The Bertz CT molecular complexity index is 1130. The van der Waals surface area contributed by atoms with Crippen LogP contribution in [0.25, 0.3) is 0 Å². The number of alkyl halides is 2. The van der Waals surface area contributed by atoms with Crippen LogP contribution in [-0.2, 0) is 25.8 Å². The molecule has 182 valence electrons. The molecular weight excluding hydrogens is 464 g/mol. The lowest BCUT2D eigenvalue weighted by atomic mass is 9.86. The van der Waals surface area contributed by atoms with Crippen LogP contribution in [0.5, 0.6) is 0 Å². The highest BCUT2D eigenvalue weighted by Gasteiger charge is 2.43. The summed E-state index contributed by atoms with van der Waals surface area (Å²) in [7, 11) is -3.44. The molecule has 1 saturated carbocycles. The quantitative estimate of drug-likeness (QED) is 0.579. The zero-order valence-electron chi connectivity index (χ0n) is 18.8. The molecule has 34 heavy (non-hydrogen) atoms. The third kappa shape index (κ3) is 5.29. The van der Waals surface area contributed by atoms with Crippen LogP contribution in [-0.4, -0.2) is 56.6 Å². The second kappa shape index (κ2) is 9.82. The van der Waals surface area contributed by atoms with Crippen molar-refractivity contribution in [2.45, 2.75) is 54.9 Å². The lowest BCUT2D eigenvalue weighted by Gasteiger charge is -2.27. The summed E-state index contributed by atoms with van der Waals surface area (Å²) >= 11 is 0. The molecule has 9 heteroatoms. The number of benzene rings is 2. The number of sulfone groups is 1. The van der Waals surface area contributed by atoms with Crippen molar-refractivity contribution in [3.63, 3.8) is 0 Å². The van der Waals surface area contributed by atoms with Gasteiger partial charge in [0.2, 0.25) is 5.91 Å². The van der Waals surface area contributed by atoms with Crippen molar-refractivity contribution in [2.75, 3.05) is 12.9 Å². The first-order valence-electron chi connectivity index (χ1n) is 11.3. The smallest absolute Gasteiger partial charge is 0.417 e. The molecule has 2 aliphatic rings. The summed E-state index contributed by atoms with van der Waals surface area (Å²) in [6.07, 6.45) is -2.23. The van der Waals surface area contributed by atoms with Gasteiger partial charge >= 0.3 is 6.09 Å². The molecule has 2 aromatic rings. The Balaban J connectivity index is 1.62. The van der Waals surface area contributed by atoms with E-state index in [1.165, 1.54) is 24.3 Å². The predicted molar refractivity (Wildman–Crippen MR) is 122 cm³/mol. The Morgan fingerprint density at radius 3 is 2.26 bits per heavy atom. The molecule has 5 atom stereocenters. The molecule has 1 saturated heterocycles. The van der Waals surface area contributed by atoms with Crippen LogP contribution in [0.3, 0.4) is 0 Å². The first-order chi connectivity index (χ1) is 16.1. The topological polar surface area (TPSA) is 80.8 Å². The Kier molecular flexibility index (Phi) is 7.02. The number of rotatable bonds is 7. The first kappa shape index (κ1) is 24.3. The Labute approximate surface area is 197 Å². The number of carbonyl (C=O) groups excluding carboxylic acids is 2. The first-order valence-corrected chi connectivity index (χ1v) is 13.1. The van der Waals surface area contributed by atoms with Gasteiger partial charge < -0.3 is 4.74 Å². The molecule has 1 unspecified atom stereocenters. The maximum absolute atomic E-state index is 13.9. The van der Waals surface area contributed by atoms with Gasteiger partial charge in [0.1, 0.15) is 19.0 Å². The number of hydrogen-bond donors (Lipinski definition) is 0. The van der Waals surface area contributed by atoms with E-state index in [9.17, 15) is 26.8 Å². The van der Waals surface area contributed by atoms with Gasteiger partial charge in [0.15, 0.2) is 9.84 Å². The molecule has 0 N–H and O–H groups in total. The molecule has 4 rings (SSSR count). The minimum atomic E-state index is -3.44. The normalized spacial score (nSPS) is 25.9. The third-order valence-corrected chi connectivity index (χ3v) is 7.73. The second-order valence-electron chi connectivity index (χ2n) is 9.13. The lowest BCUT2D eigenvalue weighted by Crippen LogP contribution is -2.43. The Morgan fingerprint density at radius 2 is 1.68 bits per heavy atom. The van der Waals surface area contributed by atoms with Crippen LogP contribution in [0.2, 0.25) is 0 Å². The van der Waals surface area contributed by atoms with E-state index in [1.807, 2.05) is 30.3 Å². The third-order valence-electron chi connectivity index (χ3n) is 6.60. The van der Waals surface area contributed by atoms with Gasteiger partial charge in [-0.05, 0) is 54.9 Å². The van der Waals surface area contributed by atoms with E-state index in [-0.39, 0.29) is 36.7 Å². The summed E-state index contributed by atoms with van der Waals surface area (Å²) in [4.78, 5) is 27.5. The molecule has 1 heterocycles. The molecule has 1 aliphatic heterocycles. The van der Waals surface area contributed by atoms with Crippen molar-refractivity contribution in [1.29, 1.82) is 0 Å². The van der Waals surface area contributed by atoms with Crippen molar-refractivity contribution >= 4 is 21.8 Å². The zero-order chi connectivity index (χ0) is 24.5. The predicted octanol–water partition coefficient (Wildman–Crippen LogP) is 4.24. The number of ether oxygens (including phenoxy) is 1. The van der Waals surface area contributed by atoms with Crippen molar-refractivity contribution < 1.29 is 31.5 Å². The van der Waals surface area contributed by atoms with Gasteiger partial charge in [-0.1, -0.05) is 42.5 Å². The monoisotopic (exact) mass is 491 g/mol. The number of carbonyl (C=O) groups is 2. The molecule has 0 aromatic heterocycles. The molecule has 6 nitrogen and oxygen atoms in total. The summed E-state index contributed by atoms with van der Waals surface area (Å²) in [5.41, 5.74) is 1.43. The van der Waals surface area contributed by atoms with Gasteiger partial charge in [-0.3, -0.25) is 4.79 Å². The van der Waals surface area contributed by atoms with Crippen LogP contribution in [0.15, 0.2) is 59.5 Å². The minimum Gasteiger partial charge on any atom is -0.447 e. The molecule has 2 fully saturated rings. The van der Waals surface area contributed by atoms with E-state index in [0.29, 0.717) is 12.0 Å². The fraction of sp³-hybridized carbons (Fsp3) is 0.440. The average Bonchev–Trinajstić information content (AvgIpc) is 3.32. The summed E-state index contributed by atoms with van der Waals surface area (Å²) in [5, 5.41) is 0. The number of nitrogens with zero attached hydrogens (tertiary/aromatic N) is 1. The fourth-order valence-electron chi connectivity index (χ4n) is 4.82. The Hall–Kier alpha value is -2.81. The standard InChI is InChI=1S/C25H27F2NO5S/c1-34(31,32)20-9-7-18(8-10-20)21(12-17-13-22(26)23(27)14-17)24(29)28-19(15-33-25(28)30)11-16-5-3-2-4-6-16/h2-10,17,19,21-23H,11-15H2,1H3/t17-,19-,21?,22+,23-/m1/s1. The summed E-state index contributed by atoms with van der Waals surface area (Å²) < 4.78 is 56.6. The highest BCUT2D eigenvalue weighted by atomic mass is 32.2. The molecular formula is C25H27F2NO5S. The number of cyclic esters (lactones) is 1. The largest absolute Gasteiger partial charge is 0.447 e. The van der Waals surface area contributed by atoms with E-state index >= 15 is 0 Å². The van der Waals surface area contributed by atoms with Gasteiger partial charge in [0, 0.05) is 6.26 Å². The zero-order valence-corrected chi connectivity index (χ0v) is 19.6. The van der Waals surface area contributed by atoms with Gasteiger partial charge in [-0.25, -0.2) is 26.9 Å². The van der Waals surface area contributed by atoms with Gasteiger partial charge in [-0.2, -0.15) is 0 Å². The van der Waals surface area contributed by atoms with Gasteiger partial charge in [0.05, 0.1) is 16.9 Å². The van der Waals surface area contributed by atoms with Gasteiger partial charge in [-0.15, -0.1) is 0 Å². The second-order valence-corrected chi connectivity index (χ2v) is 11.1. The van der Waals surface area contributed by atoms with Crippen LogP contribution < -0.4 is 0 Å². The maximum atomic E-state index is 13.9. The van der Waals surface area contributed by atoms with Crippen molar-refractivity contribution in [3.05, 3.63) is 65.7 Å². The van der Waals surface area contributed by atoms with Crippen LogP contribution in [0.4, 0.5) is 13.6 Å². The number of halogens is 2. The fourth-order valence-corrected chi connectivity index (χ4v) is 5.45. The van der Waals surface area contributed by atoms with Crippen molar-refractivity contribution in [2.24, 2.45) is 5.92 Å². The van der Waals surface area contributed by atoms with Crippen LogP contribution in [0.1, 0.15) is 36.3 Å². The van der Waals surface area contributed by atoms with Crippen LogP contribution in [0, 0.1) is 5.92 Å². The molecule has 1 aliphatic carbocycles. The molecule has 0 bridgehead atoms. The average molecular weight is 492 g/mol. The van der Waals surface area contributed by atoms with E-state index in [0.717, 1.165) is 16.7 Å². The number of hydrogen-bond acceptors (Lipinski definition) is 5. The van der Waals surface area contributed by atoms with Crippen LogP contribution >= 0.6 is 0 Å². The molecule has 2 amide bonds. The van der Waals surface area contributed by atoms with E-state index in [4.69, 9.17) is 4.74 Å². The molecule has 2 aromatic carbocycles. The minimum absolute atomic E-state index is 0.00423.